The third-order valence-corrected chi connectivity index (χ3v) is 2.58. The molecule has 0 spiro atoms. The third kappa shape index (κ3) is 3.00. The maximum atomic E-state index is 12.1. The lowest BCUT2D eigenvalue weighted by Crippen LogP contribution is -1.87. The van der Waals surface area contributed by atoms with Crippen LogP contribution in [-0.4, -0.2) is 0 Å². The molecule has 2 aromatic rings. The number of allylic oxidation sites excluding steroid dienone is 1. The highest BCUT2D eigenvalue weighted by atomic mass is 19.3. The second-order valence-electron chi connectivity index (χ2n) is 3.72. The first-order valence-electron chi connectivity index (χ1n) is 5.42. The summed E-state index contributed by atoms with van der Waals surface area (Å²) in [4.78, 5) is 0. The van der Waals surface area contributed by atoms with Crippen molar-refractivity contribution in [2.45, 2.75) is 6.42 Å². The largest absolute Gasteiger partial charge is 0.266 e. The minimum absolute atomic E-state index is 0.257. The molecule has 0 aliphatic heterocycles. The Hall–Kier alpha value is -1.96. The zero-order valence-corrected chi connectivity index (χ0v) is 9.24. The molecule has 0 N–H and O–H groups in total. The van der Waals surface area contributed by atoms with E-state index in [-0.39, 0.29) is 6.42 Å². The molecule has 0 atom stereocenters. The summed E-state index contributed by atoms with van der Waals surface area (Å²) in [6, 6.07) is 17.4. The van der Waals surface area contributed by atoms with Gasteiger partial charge in [-0.15, -0.1) is 0 Å². The molecule has 0 radical (unpaired) electrons. The van der Waals surface area contributed by atoms with Gasteiger partial charge in [-0.2, -0.15) is 8.78 Å². The molecule has 0 aromatic heterocycles. The van der Waals surface area contributed by atoms with Crippen molar-refractivity contribution in [2.24, 2.45) is 0 Å². The highest BCUT2D eigenvalue weighted by Crippen LogP contribution is 2.24. The molecule has 0 aliphatic rings. The van der Waals surface area contributed by atoms with Crippen LogP contribution in [0.1, 0.15) is 5.56 Å². The van der Waals surface area contributed by atoms with Gasteiger partial charge in [0.25, 0.3) is 6.08 Å². The first kappa shape index (κ1) is 11.5. The van der Waals surface area contributed by atoms with Gasteiger partial charge < -0.3 is 0 Å². The fourth-order valence-electron chi connectivity index (χ4n) is 1.78. The molecule has 0 saturated carbocycles. The van der Waals surface area contributed by atoms with Gasteiger partial charge in [0, 0.05) is 0 Å². The predicted octanol–water partition coefficient (Wildman–Crippen LogP) is 4.68. The molecule has 86 valence electrons. The predicted molar refractivity (Wildman–Crippen MR) is 65.9 cm³/mol. The van der Waals surface area contributed by atoms with E-state index in [1.165, 1.54) is 0 Å². The van der Waals surface area contributed by atoms with E-state index in [0.29, 0.717) is 0 Å². The molecule has 0 amide bonds. The van der Waals surface area contributed by atoms with Gasteiger partial charge in [0.2, 0.25) is 0 Å². The zero-order valence-electron chi connectivity index (χ0n) is 9.24. The lowest BCUT2D eigenvalue weighted by atomic mass is 9.98. The van der Waals surface area contributed by atoms with Crippen LogP contribution < -0.4 is 0 Å². The lowest BCUT2D eigenvalue weighted by Gasteiger charge is -2.07. The Labute approximate surface area is 99.2 Å². The molecule has 0 unspecified atom stereocenters. The molecule has 2 aromatic carbocycles. The SMILES string of the molecule is FC(F)=CCc1ccccc1-c1ccccc1. The smallest absolute Gasteiger partial charge is 0.174 e. The van der Waals surface area contributed by atoms with Crippen molar-refractivity contribution < 1.29 is 8.78 Å². The number of hydrogen-bond donors (Lipinski definition) is 0. The van der Waals surface area contributed by atoms with E-state index in [2.05, 4.69) is 0 Å². The first-order chi connectivity index (χ1) is 8.27. The van der Waals surface area contributed by atoms with Crippen LogP contribution in [-0.2, 0) is 6.42 Å². The molecule has 0 aliphatic carbocycles. The monoisotopic (exact) mass is 230 g/mol. The van der Waals surface area contributed by atoms with Crippen molar-refractivity contribution in [3.8, 4) is 11.1 Å². The summed E-state index contributed by atoms with van der Waals surface area (Å²) in [5, 5.41) is 0. The fourth-order valence-corrected chi connectivity index (χ4v) is 1.78. The van der Waals surface area contributed by atoms with Crippen molar-refractivity contribution in [3.05, 3.63) is 72.3 Å². The third-order valence-electron chi connectivity index (χ3n) is 2.58. The number of benzene rings is 2. The van der Waals surface area contributed by atoms with Crippen LogP contribution in [0.25, 0.3) is 11.1 Å². The maximum Gasteiger partial charge on any atom is 0.266 e. The maximum absolute atomic E-state index is 12.1. The summed E-state index contributed by atoms with van der Waals surface area (Å²) in [7, 11) is 0. The van der Waals surface area contributed by atoms with E-state index in [1.807, 2.05) is 54.6 Å². The van der Waals surface area contributed by atoms with Crippen molar-refractivity contribution in [1.82, 2.24) is 0 Å². The van der Waals surface area contributed by atoms with Crippen LogP contribution in [0.5, 0.6) is 0 Å². The Balaban J connectivity index is 2.38. The summed E-state index contributed by atoms with van der Waals surface area (Å²) < 4.78 is 24.2. The number of halogens is 2. The van der Waals surface area contributed by atoms with Gasteiger partial charge >= 0.3 is 0 Å². The zero-order chi connectivity index (χ0) is 12.1. The van der Waals surface area contributed by atoms with Crippen molar-refractivity contribution in [1.29, 1.82) is 0 Å². The van der Waals surface area contributed by atoms with Crippen LogP contribution >= 0.6 is 0 Å². The van der Waals surface area contributed by atoms with Crippen LogP contribution in [0.4, 0.5) is 8.78 Å². The van der Waals surface area contributed by atoms with Crippen LogP contribution in [0.3, 0.4) is 0 Å². The first-order valence-corrected chi connectivity index (χ1v) is 5.42. The highest BCUT2D eigenvalue weighted by Gasteiger charge is 2.03. The van der Waals surface area contributed by atoms with Gasteiger partial charge in [0.15, 0.2) is 0 Å². The summed E-state index contributed by atoms with van der Waals surface area (Å²) in [6.07, 6.45) is -0.428. The molecular formula is C15H12F2. The molecule has 17 heavy (non-hydrogen) atoms. The molecule has 0 bridgehead atoms. The second kappa shape index (κ2) is 5.39. The standard InChI is InChI=1S/C15H12F2/c16-15(17)11-10-13-8-4-5-9-14(13)12-6-2-1-3-7-12/h1-9,11H,10H2. The van der Waals surface area contributed by atoms with Gasteiger partial charge in [0.05, 0.1) is 0 Å². The van der Waals surface area contributed by atoms with Gasteiger partial charge in [-0.05, 0) is 29.2 Å². The van der Waals surface area contributed by atoms with Crippen LogP contribution in [0, 0.1) is 0 Å². The molecule has 0 nitrogen and oxygen atoms in total. The topological polar surface area (TPSA) is 0 Å². The van der Waals surface area contributed by atoms with Crippen LogP contribution in [0.15, 0.2) is 66.8 Å². The highest BCUT2D eigenvalue weighted by molar-refractivity contribution is 5.67. The average molecular weight is 230 g/mol. The Bertz CT molecular complexity index is 511. The molecule has 0 fully saturated rings. The van der Waals surface area contributed by atoms with Crippen molar-refractivity contribution in [3.63, 3.8) is 0 Å². The Kier molecular flexibility index (Phi) is 3.66. The Morgan fingerprint density at radius 1 is 0.882 bits per heavy atom. The fraction of sp³-hybridized carbons (Fsp3) is 0.0667. The summed E-state index contributed by atoms with van der Waals surface area (Å²) >= 11 is 0. The molecular weight excluding hydrogens is 218 g/mol. The lowest BCUT2D eigenvalue weighted by molar-refractivity contribution is 0.418. The summed E-state index contributed by atoms with van der Waals surface area (Å²) in [6.45, 7) is 0. The Morgan fingerprint density at radius 2 is 1.53 bits per heavy atom. The van der Waals surface area contributed by atoms with Crippen molar-refractivity contribution >= 4 is 0 Å². The van der Waals surface area contributed by atoms with Gasteiger partial charge in [-0.1, -0.05) is 54.6 Å². The normalized spacial score (nSPS) is 10.0. The molecule has 2 rings (SSSR count). The molecule has 0 saturated heterocycles. The van der Waals surface area contributed by atoms with E-state index < -0.39 is 6.08 Å². The minimum atomic E-state index is -1.63. The molecule has 2 heteroatoms. The van der Waals surface area contributed by atoms with Gasteiger partial charge in [-0.3, -0.25) is 0 Å². The molecule has 0 heterocycles. The average Bonchev–Trinajstić information content (AvgIpc) is 2.38. The van der Waals surface area contributed by atoms with Gasteiger partial charge in [-0.25, -0.2) is 0 Å². The van der Waals surface area contributed by atoms with E-state index in [9.17, 15) is 8.78 Å². The second-order valence-corrected chi connectivity index (χ2v) is 3.72. The van der Waals surface area contributed by atoms with Crippen molar-refractivity contribution in [2.75, 3.05) is 0 Å². The van der Waals surface area contributed by atoms with E-state index in [1.54, 1.807) is 0 Å². The Morgan fingerprint density at radius 3 is 2.24 bits per heavy atom. The number of hydrogen-bond acceptors (Lipinski definition) is 0. The van der Waals surface area contributed by atoms with E-state index in [0.717, 1.165) is 22.8 Å². The quantitative estimate of drug-likeness (QED) is 0.718. The van der Waals surface area contributed by atoms with Gasteiger partial charge in [0.1, 0.15) is 0 Å². The summed E-state index contributed by atoms with van der Waals surface area (Å²) in [5.74, 6) is 0. The number of rotatable bonds is 3. The summed E-state index contributed by atoms with van der Waals surface area (Å²) in [5.41, 5.74) is 2.97. The van der Waals surface area contributed by atoms with E-state index >= 15 is 0 Å². The van der Waals surface area contributed by atoms with Crippen LogP contribution in [0.2, 0.25) is 0 Å². The minimum Gasteiger partial charge on any atom is -0.174 e. The van der Waals surface area contributed by atoms with E-state index in [4.69, 9.17) is 0 Å².